The van der Waals surface area contributed by atoms with E-state index in [1.54, 1.807) is 0 Å². The zero-order chi connectivity index (χ0) is 15.0. The van der Waals surface area contributed by atoms with Crippen LogP contribution >= 0.6 is 0 Å². The summed E-state index contributed by atoms with van der Waals surface area (Å²) in [7, 11) is 0. The lowest BCUT2D eigenvalue weighted by Crippen LogP contribution is -2.26. The lowest BCUT2D eigenvalue weighted by molar-refractivity contribution is 0.183. The van der Waals surface area contributed by atoms with Gasteiger partial charge in [0.1, 0.15) is 5.82 Å². The van der Waals surface area contributed by atoms with Crippen molar-refractivity contribution in [3.63, 3.8) is 0 Å². The Labute approximate surface area is 127 Å². The lowest BCUT2D eigenvalue weighted by Gasteiger charge is -2.36. The molecule has 2 N–H and O–H groups in total. The number of anilines is 1. The maximum atomic E-state index is 5.93. The van der Waals surface area contributed by atoms with Crippen LogP contribution in [0.15, 0.2) is 18.2 Å². The Balaban J connectivity index is 2.08. The van der Waals surface area contributed by atoms with Crippen LogP contribution in [0, 0.1) is 5.41 Å². The molecular weight excluding hydrogens is 258 g/mol. The van der Waals surface area contributed by atoms with E-state index in [2.05, 4.69) is 31.4 Å². The van der Waals surface area contributed by atoms with E-state index < -0.39 is 0 Å². The average molecular weight is 285 g/mol. The molecule has 0 spiro atoms. The van der Waals surface area contributed by atoms with Crippen LogP contribution in [0.3, 0.4) is 0 Å². The highest BCUT2D eigenvalue weighted by Crippen LogP contribution is 2.42. The number of fused-ring (bicyclic) bond motifs is 1. The summed E-state index contributed by atoms with van der Waals surface area (Å²) >= 11 is 0. The molecule has 3 rings (SSSR count). The smallest absolute Gasteiger partial charge is 0.110 e. The van der Waals surface area contributed by atoms with E-state index in [9.17, 15) is 0 Å². The minimum absolute atomic E-state index is 0.441. The van der Waals surface area contributed by atoms with E-state index in [0.717, 1.165) is 24.0 Å². The third kappa shape index (κ3) is 2.78. The van der Waals surface area contributed by atoms with E-state index in [4.69, 9.17) is 10.7 Å². The van der Waals surface area contributed by atoms with Gasteiger partial charge in [0.2, 0.25) is 0 Å². The molecule has 3 nitrogen and oxygen atoms in total. The molecule has 0 amide bonds. The van der Waals surface area contributed by atoms with Crippen molar-refractivity contribution in [2.45, 2.75) is 65.3 Å². The Morgan fingerprint density at radius 1 is 1.38 bits per heavy atom. The quantitative estimate of drug-likeness (QED) is 0.830. The van der Waals surface area contributed by atoms with Crippen LogP contribution in [0.2, 0.25) is 0 Å². The molecule has 0 saturated heterocycles. The fourth-order valence-electron chi connectivity index (χ4n) is 3.85. The first kappa shape index (κ1) is 14.4. The molecule has 1 unspecified atom stereocenters. The second kappa shape index (κ2) is 5.36. The molecule has 0 radical (unpaired) electrons. The summed E-state index contributed by atoms with van der Waals surface area (Å²) in [5.74, 6) is 1.24. The van der Waals surface area contributed by atoms with Crippen molar-refractivity contribution >= 4 is 16.7 Å². The molecule has 1 atom stereocenters. The molecule has 1 aromatic carbocycles. The minimum atomic E-state index is 0.441. The van der Waals surface area contributed by atoms with Crippen LogP contribution in [0.1, 0.15) is 64.7 Å². The van der Waals surface area contributed by atoms with Gasteiger partial charge in [0.05, 0.1) is 11.0 Å². The summed E-state index contributed by atoms with van der Waals surface area (Å²) < 4.78 is 2.51. The summed E-state index contributed by atoms with van der Waals surface area (Å²) in [5.41, 5.74) is 9.49. The highest BCUT2D eigenvalue weighted by Gasteiger charge is 2.30. The minimum Gasteiger partial charge on any atom is -0.399 e. The summed E-state index contributed by atoms with van der Waals surface area (Å²) in [6.45, 7) is 7.02. The van der Waals surface area contributed by atoms with Gasteiger partial charge in [-0.1, -0.05) is 27.2 Å². The van der Waals surface area contributed by atoms with Crippen LogP contribution in [0.25, 0.3) is 11.0 Å². The number of benzene rings is 1. The van der Waals surface area contributed by atoms with Crippen LogP contribution in [-0.2, 0) is 6.42 Å². The van der Waals surface area contributed by atoms with Gasteiger partial charge in [-0.3, -0.25) is 0 Å². The standard InChI is InChI=1S/C18H27N3/c1-4-6-17-20-15-11-13(19)8-9-16(15)21(17)14-7-5-10-18(2,3)12-14/h8-9,11,14H,4-7,10,12,19H2,1-3H3. The van der Waals surface area contributed by atoms with Crippen LogP contribution in [0.4, 0.5) is 5.69 Å². The first-order chi connectivity index (χ1) is 10.00. The number of nitrogen functional groups attached to an aromatic ring is 1. The predicted molar refractivity (Wildman–Crippen MR) is 89.4 cm³/mol. The molecule has 0 aliphatic heterocycles. The Morgan fingerprint density at radius 3 is 2.90 bits per heavy atom. The van der Waals surface area contributed by atoms with Gasteiger partial charge in [-0.15, -0.1) is 0 Å². The fraction of sp³-hybridized carbons (Fsp3) is 0.611. The van der Waals surface area contributed by atoms with E-state index in [1.807, 2.05) is 12.1 Å². The van der Waals surface area contributed by atoms with Gasteiger partial charge >= 0.3 is 0 Å². The molecule has 114 valence electrons. The van der Waals surface area contributed by atoms with Gasteiger partial charge in [-0.25, -0.2) is 4.98 Å². The highest BCUT2D eigenvalue weighted by atomic mass is 15.1. The van der Waals surface area contributed by atoms with Crippen molar-refractivity contribution in [2.24, 2.45) is 5.41 Å². The number of hydrogen-bond acceptors (Lipinski definition) is 2. The van der Waals surface area contributed by atoms with E-state index in [-0.39, 0.29) is 0 Å². The normalized spacial score (nSPS) is 21.8. The van der Waals surface area contributed by atoms with Crippen molar-refractivity contribution in [3.05, 3.63) is 24.0 Å². The van der Waals surface area contributed by atoms with Crippen LogP contribution in [0.5, 0.6) is 0 Å². The van der Waals surface area contributed by atoms with E-state index >= 15 is 0 Å². The Kier molecular flexibility index (Phi) is 3.68. The summed E-state index contributed by atoms with van der Waals surface area (Å²) in [5, 5.41) is 0. The van der Waals surface area contributed by atoms with Crippen molar-refractivity contribution in [1.82, 2.24) is 9.55 Å². The maximum Gasteiger partial charge on any atom is 0.110 e. The average Bonchev–Trinajstić information content (AvgIpc) is 2.75. The van der Waals surface area contributed by atoms with Gasteiger partial charge < -0.3 is 10.3 Å². The van der Waals surface area contributed by atoms with Crippen molar-refractivity contribution in [1.29, 1.82) is 0 Å². The van der Waals surface area contributed by atoms with Gasteiger partial charge in [0.25, 0.3) is 0 Å². The van der Waals surface area contributed by atoms with Crippen molar-refractivity contribution in [3.8, 4) is 0 Å². The topological polar surface area (TPSA) is 43.8 Å². The highest BCUT2D eigenvalue weighted by molar-refractivity contribution is 5.79. The van der Waals surface area contributed by atoms with Crippen LogP contribution < -0.4 is 5.73 Å². The van der Waals surface area contributed by atoms with Gasteiger partial charge in [-0.2, -0.15) is 0 Å². The second-order valence-electron chi connectivity index (χ2n) is 7.31. The van der Waals surface area contributed by atoms with Gasteiger partial charge in [-0.05, 0) is 49.3 Å². The third-order valence-electron chi connectivity index (χ3n) is 4.80. The van der Waals surface area contributed by atoms with Crippen LogP contribution in [-0.4, -0.2) is 9.55 Å². The number of nitrogens with zero attached hydrogens (tertiary/aromatic N) is 2. The Hall–Kier alpha value is -1.51. The Bertz CT molecular complexity index is 639. The molecule has 21 heavy (non-hydrogen) atoms. The molecule has 1 aliphatic rings. The largest absolute Gasteiger partial charge is 0.399 e. The maximum absolute atomic E-state index is 5.93. The number of hydrogen-bond donors (Lipinski definition) is 1. The number of rotatable bonds is 3. The second-order valence-corrected chi connectivity index (χ2v) is 7.31. The van der Waals surface area contributed by atoms with Crippen molar-refractivity contribution < 1.29 is 0 Å². The number of aromatic nitrogens is 2. The molecule has 1 aliphatic carbocycles. The first-order valence-corrected chi connectivity index (χ1v) is 8.26. The lowest BCUT2D eigenvalue weighted by atomic mass is 9.75. The molecule has 1 saturated carbocycles. The molecular formula is C18H27N3. The van der Waals surface area contributed by atoms with E-state index in [0.29, 0.717) is 11.5 Å². The number of aryl methyl sites for hydroxylation is 1. The summed E-state index contributed by atoms with van der Waals surface area (Å²) in [6, 6.07) is 6.76. The molecule has 0 bridgehead atoms. The van der Waals surface area contributed by atoms with Gasteiger partial charge in [0.15, 0.2) is 0 Å². The van der Waals surface area contributed by atoms with Gasteiger partial charge in [0, 0.05) is 18.2 Å². The molecule has 1 fully saturated rings. The number of imidazole rings is 1. The monoisotopic (exact) mass is 285 g/mol. The summed E-state index contributed by atoms with van der Waals surface area (Å²) in [4.78, 5) is 4.87. The fourth-order valence-corrected chi connectivity index (χ4v) is 3.85. The summed E-state index contributed by atoms with van der Waals surface area (Å²) in [6.07, 6.45) is 7.36. The van der Waals surface area contributed by atoms with Crippen molar-refractivity contribution in [2.75, 3.05) is 5.73 Å². The molecule has 1 aromatic heterocycles. The van der Waals surface area contributed by atoms with E-state index in [1.165, 1.54) is 37.0 Å². The predicted octanol–water partition coefficient (Wildman–Crippen LogP) is 4.71. The third-order valence-corrected chi connectivity index (χ3v) is 4.80. The molecule has 3 heteroatoms. The number of nitrogens with two attached hydrogens (primary N) is 1. The molecule has 1 heterocycles. The zero-order valence-electron chi connectivity index (χ0n) is 13.5. The first-order valence-electron chi connectivity index (χ1n) is 8.26. The Morgan fingerprint density at radius 2 is 2.19 bits per heavy atom. The SMILES string of the molecule is CCCc1nc2cc(N)ccc2n1C1CCCC(C)(C)C1. The zero-order valence-corrected chi connectivity index (χ0v) is 13.5. The molecule has 2 aromatic rings.